The summed E-state index contributed by atoms with van der Waals surface area (Å²) >= 11 is 1.81. The molecule has 168 valence electrons. The summed E-state index contributed by atoms with van der Waals surface area (Å²) in [7, 11) is 2.09. The molecule has 1 saturated heterocycles. The smallest absolute Gasteiger partial charge is 0.225 e. The monoisotopic (exact) mass is 451 g/mol. The summed E-state index contributed by atoms with van der Waals surface area (Å²) in [6, 6.07) is 8.92. The number of rotatable bonds is 3. The van der Waals surface area contributed by atoms with E-state index in [1.807, 2.05) is 16.7 Å². The van der Waals surface area contributed by atoms with Crippen molar-refractivity contribution in [2.24, 2.45) is 4.99 Å². The molecule has 2 unspecified atom stereocenters. The molecular formula is C24H38ClN3OS. The molecule has 0 aromatic heterocycles. The van der Waals surface area contributed by atoms with Crippen molar-refractivity contribution in [1.82, 2.24) is 4.90 Å². The van der Waals surface area contributed by atoms with Crippen molar-refractivity contribution in [2.75, 3.05) is 11.9 Å². The van der Waals surface area contributed by atoms with Crippen LogP contribution in [0.15, 0.2) is 29.3 Å². The Bertz CT molecular complexity index is 736. The average Bonchev–Trinajstić information content (AvgIpc) is 2.83. The number of thioether (sulfide) groups is 1. The van der Waals surface area contributed by atoms with Crippen LogP contribution < -0.4 is 4.90 Å². The highest BCUT2D eigenvalue weighted by molar-refractivity contribution is 8.14. The Morgan fingerprint density at radius 2 is 1.67 bits per heavy atom. The Hall–Kier alpha value is -1.20. The van der Waals surface area contributed by atoms with Crippen molar-refractivity contribution in [3.63, 3.8) is 0 Å². The molecular weight excluding hydrogens is 414 g/mol. The highest BCUT2D eigenvalue weighted by Gasteiger charge is 2.40. The number of amides is 1. The minimum atomic E-state index is -0.0116. The van der Waals surface area contributed by atoms with Gasteiger partial charge in [-0.05, 0) is 42.9 Å². The first kappa shape index (κ1) is 25.1. The second-order valence-electron chi connectivity index (χ2n) is 9.59. The van der Waals surface area contributed by atoms with Crippen molar-refractivity contribution < 1.29 is 4.79 Å². The number of halogens is 1. The third kappa shape index (κ3) is 5.73. The average molecular weight is 452 g/mol. The van der Waals surface area contributed by atoms with Gasteiger partial charge in [-0.3, -0.25) is 14.7 Å². The van der Waals surface area contributed by atoms with E-state index in [0.29, 0.717) is 6.04 Å². The fourth-order valence-electron chi connectivity index (χ4n) is 4.43. The van der Waals surface area contributed by atoms with E-state index in [1.165, 1.54) is 44.1 Å². The van der Waals surface area contributed by atoms with Crippen LogP contribution in [0.5, 0.6) is 0 Å². The largest absolute Gasteiger partial charge is 0.333 e. The van der Waals surface area contributed by atoms with Gasteiger partial charge in [-0.2, -0.15) is 0 Å². The number of benzene rings is 1. The summed E-state index contributed by atoms with van der Waals surface area (Å²) in [5, 5.41) is 1.36. The molecule has 1 aliphatic carbocycles. The van der Waals surface area contributed by atoms with Crippen LogP contribution in [0.2, 0.25) is 0 Å². The number of hydrogen-bond acceptors (Lipinski definition) is 3. The van der Waals surface area contributed by atoms with Crippen molar-refractivity contribution in [2.45, 2.75) is 96.0 Å². The van der Waals surface area contributed by atoms with Gasteiger partial charge in [0, 0.05) is 24.9 Å². The van der Waals surface area contributed by atoms with Crippen molar-refractivity contribution >= 4 is 40.9 Å². The van der Waals surface area contributed by atoms with Gasteiger partial charge in [0.15, 0.2) is 5.17 Å². The Kier molecular flexibility index (Phi) is 8.70. The lowest BCUT2D eigenvalue weighted by Crippen LogP contribution is -2.50. The van der Waals surface area contributed by atoms with Crippen LogP contribution in [0, 0.1) is 0 Å². The number of amidine groups is 1. The molecule has 1 amide bonds. The van der Waals surface area contributed by atoms with Crippen LogP contribution in [0.25, 0.3) is 0 Å². The molecule has 1 saturated carbocycles. The van der Waals surface area contributed by atoms with Crippen molar-refractivity contribution in [3.8, 4) is 0 Å². The molecule has 2 aliphatic rings. The van der Waals surface area contributed by atoms with Crippen LogP contribution in [-0.2, 0) is 10.2 Å². The molecule has 4 nitrogen and oxygen atoms in total. The first-order chi connectivity index (χ1) is 13.7. The number of hydrogen-bond donors (Lipinski definition) is 0. The van der Waals surface area contributed by atoms with Gasteiger partial charge in [-0.1, -0.05) is 70.3 Å². The van der Waals surface area contributed by atoms with E-state index in [4.69, 9.17) is 4.99 Å². The van der Waals surface area contributed by atoms with Crippen LogP contribution in [-0.4, -0.2) is 40.5 Å². The van der Waals surface area contributed by atoms with Gasteiger partial charge >= 0.3 is 0 Å². The summed E-state index contributed by atoms with van der Waals surface area (Å²) in [6.45, 7) is 10.5. The van der Waals surface area contributed by atoms with Crippen LogP contribution >= 0.6 is 24.2 Å². The second kappa shape index (κ2) is 10.4. The molecule has 3 rings (SSSR count). The zero-order chi connectivity index (χ0) is 21.2. The number of anilines is 1. The van der Waals surface area contributed by atoms with E-state index < -0.39 is 0 Å². The molecule has 1 heterocycles. The zero-order valence-corrected chi connectivity index (χ0v) is 21.0. The molecule has 2 atom stereocenters. The molecule has 1 aromatic carbocycles. The predicted molar refractivity (Wildman–Crippen MR) is 133 cm³/mol. The number of carbonyl (C=O) groups is 1. The molecule has 6 heteroatoms. The standard InChI is InChI=1S/C24H37N3OS.ClH/c1-17-22(26(6)23(29-17)25-20-11-9-7-8-10-12-20)27(18(2)28)21-15-13-19(14-16-21)24(3,4)5;/h13-17,20,22H,7-12H2,1-6H3;1H. The fourth-order valence-corrected chi connectivity index (χ4v) is 5.67. The van der Waals surface area contributed by atoms with E-state index in [2.05, 4.69) is 63.9 Å². The Labute approximate surface area is 193 Å². The van der Waals surface area contributed by atoms with Gasteiger partial charge in [-0.25, -0.2) is 0 Å². The van der Waals surface area contributed by atoms with E-state index in [-0.39, 0.29) is 35.1 Å². The molecule has 0 N–H and O–H groups in total. The van der Waals surface area contributed by atoms with E-state index in [1.54, 1.807) is 6.92 Å². The molecule has 0 radical (unpaired) electrons. The molecule has 0 spiro atoms. The maximum atomic E-state index is 12.7. The van der Waals surface area contributed by atoms with Crippen molar-refractivity contribution in [3.05, 3.63) is 29.8 Å². The van der Waals surface area contributed by atoms with E-state index in [9.17, 15) is 4.79 Å². The number of aliphatic imine (C=N–C) groups is 1. The SMILES string of the molecule is CC(=O)N(c1ccc(C(C)(C)C)cc1)C1C(C)SC(=NC2CCCCCC2)N1C.Cl. The van der Waals surface area contributed by atoms with Gasteiger partial charge in [0.25, 0.3) is 0 Å². The third-order valence-corrected chi connectivity index (χ3v) is 7.36. The molecule has 0 bridgehead atoms. The Morgan fingerprint density at radius 3 is 2.17 bits per heavy atom. The molecule has 1 aliphatic heterocycles. The predicted octanol–water partition coefficient (Wildman–Crippen LogP) is 6.23. The lowest BCUT2D eigenvalue weighted by atomic mass is 9.87. The first-order valence-electron chi connectivity index (χ1n) is 11.1. The van der Waals surface area contributed by atoms with Gasteiger partial charge < -0.3 is 4.90 Å². The summed E-state index contributed by atoms with van der Waals surface area (Å²) in [5.74, 6) is 0.0773. The maximum Gasteiger partial charge on any atom is 0.225 e. The van der Waals surface area contributed by atoms with Gasteiger partial charge in [0.05, 0.1) is 6.04 Å². The quantitative estimate of drug-likeness (QED) is 0.511. The number of nitrogens with zero attached hydrogens (tertiary/aromatic N) is 3. The zero-order valence-electron chi connectivity index (χ0n) is 19.4. The lowest BCUT2D eigenvalue weighted by Gasteiger charge is -2.35. The molecule has 1 aromatic rings. The Balaban J connectivity index is 0.00000320. The summed E-state index contributed by atoms with van der Waals surface area (Å²) < 4.78 is 0. The molecule has 30 heavy (non-hydrogen) atoms. The lowest BCUT2D eigenvalue weighted by molar-refractivity contribution is -0.117. The fraction of sp³-hybridized carbons (Fsp3) is 0.667. The normalized spacial score (nSPS) is 24.5. The van der Waals surface area contributed by atoms with Crippen LogP contribution in [0.4, 0.5) is 5.69 Å². The second-order valence-corrected chi connectivity index (χ2v) is 10.9. The van der Waals surface area contributed by atoms with Crippen molar-refractivity contribution in [1.29, 1.82) is 0 Å². The van der Waals surface area contributed by atoms with Crippen LogP contribution in [0.1, 0.15) is 78.7 Å². The maximum absolute atomic E-state index is 12.7. The minimum absolute atomic E-state index is 0. The van der Waals surface area contributed by atoms with E-state index >= 15 is 0 Å². The third-order valence-electron chi connectivity index (χ3n) is 6.14. The first-order valence-corrected chi connectivity index (χ1v) is 11.9. The minimum Gasteiger partial charge on any atom is -0.333 e. The highest BCUT2D eigenvalue weighted by Crippen LogP contribution is 2.36. The summed E-state index contributed by atoms with van der Waals surface area (Å²) in [5.41, 5.74) is 2.35. The highest BCUT2D eigenvalue weighted by atomic mass is 35.5. The summed E-state index contributed by atoms with van der Waals surface area (Å²) in [6.07, 6.45) is 7.63. The van der Waals surface area contributed by atoms with Gasteiger partial charge in [0.1, 0.15) is 6.17 Å². The number of carbonyl (C=O) groups excluding carboxylic acids is 1. The van der Waals surface area contributed by atoms with Gasteiger partial charge in [0.2, 0.25) is 5.91 Å². The van der Waals surface area contributed by atoms with E-state index in [0.717, 1.165) is 10.9 Å². The van der Waals surface area contributed by atoms with Gasteiger partial charge in [-0.15, -0.1) is 12.4 Å². The van der Waals surface area contributed by atoms with Crippen LogP contribution in [0.3, 0.4) is 0 Å². The summed E-state index contributed by atoms with van der Waals surface area (Å²) in [4.78, 5) is 22.0. The molecule has 2 fully saturated rings. The Morgan fingerprint density at radius 1 is 1.10 bits per heavy atom. The topological polar surface area (TPSA) is 35.9 Å².